The number of ether oxygens (including phenoxy) is 1. The molecule has 2 aromatic heterocycles. The monoisotopic (exact) mass is 548 g/mol. The highest BCUT2D eigenvalue weighted by Crippen LogP contribution is 2.23. The summed E-state index contributed by atoms with van der Waals surface area (Å²) in [5.41, 5.74) is 4.68. The zero-order valence-electron chi connectivity index (χ0n) is 21.6. The van der Waals surface area contributed by atoms with E-state index in [0.717, 1.165) is 52.1 Å². The van der Waals surface area contributed by atoms with Crippen LogP contribution in [0.2, 0.25) is 0 Å². The number of aryl methyl sites for hydroxylation is 2. The van der Waals surface area contributed by atoms with Crippen molar-refractivity contribution in [3.05, 3.63) is 86.1 Å². The number of rotatable bonds is 9. The molecule has 1 atom stereocenters. The van der Waals surface area contributed by atoms with Crippen LogP contribution < -0.4 is 10.3 Å². The Balaban J connectivity index is 1.70. The van der Waals surface area contributed by atoms with Crippen molar-refractivity contribution in [1.29, 1.82) is 0 Å². The quantitative estimate of drug-likeness (QED) is 0.212. The van der Waals surface area contributed by atoms with Gasteiger partial charge in [0.25, 0.3) is 5.56 Å². The smallest absolute Gasteiger partial charge is 0.282 e. The molecule has 4 rings (SSSR count). The predicted molar refractivity (Wildman–Crippen MR) is 151 cm³/mol. The molecule has 0 fully saturated rings. The lowest BCUT2D eigenvalue weighted by Gasteiger charge is -2.14. The predicted octanol–water partition coefficient (Wildman–Crippen LogP) is 6.97. The van der Waals surface area contributed by atoms with Crippen LogP contribution in [0, 0.1) is 13.8 Å². The molecule has 188 valence electrons. The van der Waals surface area contributed by atoms with Crippen LogP contribution >= 0.6 is 15.9 Å². The Morgan fingerprint density at radius 1 is 1.11 bits per heavy atom. The first-order chi connectivity index (χ1) is 17.3. The minimum atomic E-state index is -0.158. The highest BCUT2D eigenvalue weighted by molar-refractivity contribution is 9.10. The molecule has 0 saturated carbocycles. The average Bonchev–Trinajstić information content (AvgIpc) is 3.15. The van der Waals surface area contributed by atoms with E-state index in [4.69, 9.17) is 9.72 Å². The van der Waals surface area contributed by atoms with E-state index in [1.165, 1.54) is 4.68 Å². The second-order valence-corrected chi connectivity index (χ2v) is 10.1. The van der Waals surface area contributed by atoms with Gasteiger partial charge in [0.1, 0.15) is 11.6 Å². The fourth-order valence-corrected chi connectivity index (χ4v) is 4.60. The summed E-state index contributed by atoms with van der Waals surface area (Å²) in [7, 11) is 0. The van der Waals surface area contributed by atoms with Crippen LogP contribution in [-0.4, -0.2) is 26.5 Å². The van der Waals surface area contributed by atoms with Crippen molar-refractivity contribution in [3.63, 3.8) is 0 Å². The molecule has 4 aromatic rings. The van der Waals surface area contributed by atoms with Crippen LogP contribution in [0.5, 0.6) is 5.75 Å². The summed E-state index contributed by atoms with van der Waals surface area (Å²) in [6.45, 7) is 10.4. The molecule has 0 spiro atoms. The van der Waals surface area contributed by atoms with E-state index in [2.05, 4.69) is 78.4 Å². The Bertz CT molecular complexity index is 1450. The molecule has 0 amide bonds. The Morgan fingerprint density at radius 3 is 2.56 bits per heavy atom. The molecule has 2 aromatic carbocycles. The van der Waals surface area contributed by atoms with Crippen molar-refractivity contribution >= 4 is 33.0 Å². The van der Waals surface area contributed by atoms with Gasteiger partial charge < -0.3 is 9.30 Å². The van der Waals surface area contributed by atoms with Gasteiger partial charge in [0.15, 0.2) is 0 Å². The van der Waals surface area contributed by atoms with Gasteiger partial charge in [-0.15, -0.1) is 0 Å². The number of hydrogen-bond donors (Lipinski definition) is 0. The molecule has 0 saturated heterocycles. The largest absolute Gasteiger partial charge is 0.491 e. The first kappa shape index (κ1) is 25.9. The molecule has 36 heavy (non-hydrogen) atoms. The third-order valence-corrected chi connectivity index (χ3v) is 6.91. The van der Waals surface area contributed by atoms with Crippen molar-refractivity contribution in [2.24, 2.45) is 5.10 Å². The summed E-state index contributed by atoms with van der Waals surface area (Å²) in [5, 5.41) is 5.19. The van der Waals surface area contributed by atoms with Crippen molar-refractivity contribution in [2.75, 3.05) is 0 Å². The summed E-state index contributed by atoms with van der Waals surface area (Å²) >= 11 is 3.46. The molecule has 0 N–H and O–H groups in total. The molecular weight excluding hydrogens is 516 g/mol. The van der Waals surface area contributed by atoms with Crippen molar-refractivity contribution in [2.45, 2.75) is 66.4 Å². The zero-order valence-corrected chi connectivity index (χ0v) is 23.2. The molecule has 0 aliphatic heterocycles. The van der Waals surface area contributed by atoms with Gasteiger partial charge in [-0.25, -0.2) is 4.98 Å². The van der Waals surface area contributed by atoms with Gasteiger partial charge in [-0.3, -0.25) is 4.79 Å². The van der Waals surface area contributed by atoms with E-state index in [-0.39, 0.29) is 11.7 Å². The highest BCUT2D eigenvalue weighted by atomic mass is 79.9. The van der Waals surface area contributed by atoms with Crippen LogP contribution in [0.25, 0.3) is 16.6 Å². The fourth-order valence-electron chi connectivity index (χ4n) is 4.24. The molecular formula is C29H33BrN4O2. The third-order valence-electron chi connectivity index (χ3n) is 6.42. The molecule has 0 unspecified atom stereocenters. The summed E-state index contributed by atoms with van der Waals surface area (Å²) in [4.78, 5) is 18.1. The molecule has 7 heteroatoms. The van der Waals surface area contributed by atoms with Gasteiger partial charge >= 0.3 is 0 Å². The summed E-state index contributed by atoms with van der Waals surface area (Å²) in [5.74, 6) is 1.55. The van der Waals surface area contributed by atoms with Gasteiger partial charge in [-0.1, -0.05) is 36.2 Å². The molecule has 0 bridgehead atoms. The average molecular weight is 550 g/mol. The Kier molecular flexibility index (Phi) is 8.09. The van der Waals surface area contributed by atoms with E-state index in [0.29, 0.717) is 23.1 Å². The van der Waals surface area contributed by atoms with Crippen molar-refractivity contribution in [1.82, 2.24) is 14.2 Å². The maximum atomic E-state index is 13.4. The van der Waals surface area contributed by atoms with E-state index >= 15 is 0 Å². The van der Waals surface area contributed by atoms with E-state index in [1.807, 2.05) is 24.3 Å². The standard InChI is InChI=1S/C29H33BrN4O2/c1-6-8-9-28-32-27-15-10-23(30)17-26(27)29(35)34(28)31-18-22-16-19(3)33(21(22)5)24-11-13-25(14-12-24)36-20(4)7-2/h10-18,20H,6-9H2,1-5H3/t20-/m1/s1. The number of unbranched alkanes of at least 4 members (excludes halogenated alkanes) is 1. The molecule has 0 aliphatic carbocycles. The summed E-state index contributed by atoms with van der Waals surface area (Å²) < 4.78 is 10.4. The lowest BCUT2D eigenvalue weighted by atomic mass is 10.2. The molecule has 0 aliphatic rings. The van der Waals surface area contributed by atoms with Crippen molar-refractivity contribution in [3.8, 4) is 11.4 Å². The number of hydrogen-bond acceptors (Lipinski definition) is 4. The first-order valence-corrected chi connectivity index (χ1v) is 13.3. The molecule has 6 nitrogen and oxygen atoms in total. The second-order valence-electron chi connectivity index (χ2n) is 9.15. The third kappa shape index (κ3) is 5.46. The summed E-state index contributed by atoms with van der Waals surface area (Å²) in [6, 6.07) is 15.8. The molecule has 2 heterocycles. The van der Waals surface area contributed by atoms with Crippen LogP contribution in [0.1, 0.15) is 62.8 Å². The highest BCUT2D eigenvalue weighted by Gasteiger charge is 2.13. The van der Waals surface area contributed by atoms with E-state index < -0.39 is 0 Å². The van der Waals surface area contributed by atoms with Gasteiger partial charge in [0.05, 0.1) is 23.2 Å². The van der Waals surface area contributed by atoms with Gasteiger partial charge in [0.2, 0.25) is 0 Å². The number of nitrogens with zero attached hydrogens (tertiary/aromatic N) is 4. The lowest BCUT2D eigenvalue weighted by Crippen LogP contribution is -2.22. The van der Waals surface area contributed by atoms with Crippen LogP contribution in [0.4, 0.5) is 0 Å². The number of aromatic nitrogens is 3. The van der Waals surface area contributed by atoms with Crippen LogP contribution in [0.15, 0.2) is 62.9 Å². The van der Waals surface area contributed by atoms with Crippen LogP contribution in [-0.2, 0) is 6.42 Å². The number of benzene rings is 2. The second kappa shape index (κ2) is 11.2. The number of halogens is 1. The van der Waals surface area contributed by atoms with Gasteiger partial charge in [-0.2, -0.15) is 9.78 Å². The Labute approximate surface area is 220 Å². The van der Waals surface area contributed by atoms with Gasteiger partial charge in [0, 0.05) is 33.5 Å². The lowest BCUT2D eigenvalue weighted by molar-refractivity contribution is 0.217. The SMILES string of the molecule is CCCCc1nc2ccc(Br)cc2c(=O)n1N=Cc1cc(C)n(-c2ccc(O[C@H](C)CC)cc2)c1C. The topological polar surface area (TPSA) is 61.4 Å². The minimum absolute atomic E-state index is 0.158. The zero-order chi connectivity index (χ0) is 25.8. The van der Waals surface area contributed by atoms with E-state index in [9.17, 15) is 4.79 Å². The van der Waals surface area contributed by atoms with Crippen LogP contribution in [0.3, 0.4) is 0 Å². The Hall–Kier alpha value is -3.19. The number of fused-ring (bicyclic) bond motifs is 1. The Morgan fingerprint density at radius 2 is 1.86 bits per heavy atom. The van der Waals surface area contributed by atoms with E-state index in [1.54, 1.807) is 12.3 Å². The van der Waals surface area contributed by atoms with Crippen molar-refractivity contribution < 1.29 is 4.74 Å². The maximum Gasteiger partial charge on any atom is 0.282 e. The maximum absolute atomic E-state index is 13.4. The first-order valence-electron chi connectivity index (χ1n) is 12.5. The van der Waals surface area contributed by atoms with Gasteiger partial charge in [-0.05, 0) is 82.1 Å². The fraction of sp³-hybridized carbons (Fsp3) is 0.345. The minimum Gasteiger partial charge on any atom is -0.491 e. The molecule has 0 radical (unpaired) electrons. The normalized spacial score (nSPS) is 12.5. The summed E-state index contributed by atoms with van der Waals surface area (Å²) in [6.07, 6.45) is 5.56.